The third-order valence-corrected chi connectivity index (χ3v) is 3.29. The molecular formula is C17H20FNO. The van der Waals surface area contributed by atoms with E-state index in [1.807, 2.05) is 19.1 Å². The molecule has 106 valence electrons. The third-order valence-electron chi connectivity index (χ3n) is 3.29. The molecule has 0 fully saturated rings. The fraction of sp³-hybridized carbons (Fsp3) is 0.294. The number of rotatable bonds is 5. The maximum absolute atomic E-state index is 13.9. The van der Waals surface area contributed by atoms with Crippen molar-refractivity contribution in [2.45, 2.75) is 19.9 Å². The molecule has 2 aromatic carbocycles. The number of nitrogens with one attached hydrogen (secondary N) is 1. The van der Waals surface area contributed by atoms with Crippen LogP contribution in [0.2, 0.25) is 0 Å². The summed E-state index contributed by atoms with van der Waals surface area (Å²) in [7, 11) is 1.47. The number of benzene rings is 2. The Hall–Kier alpha value is -1.87. The SMILES string of the molecule is CCNC(c1cccc(C)c1)c1ccc(OC)c(F)c1. The molecule has 0 saturated heterocycles. The molecule has 0 saturated carbocycles. The molecule has 0 aliphatic carbocycles. The van der Waals surface area contributed by atoms with Crippen LogP contribution >= 0.6 is 0 Å². The van der Waals surface area contributed by atoms with Crippen LogP contribution in [-0.4, -0.2) is 13.7 Å². The van der Waals surface area contributed by atoms with Crippen molar-refractivity contribution >= 4 is 0 Å². The van der Waals surface area contributed by atoms with Crippen molar-refractivity contribution in [2.24, 2.45) is 0 Å². The van der Waals surface area contributed by atoms with Crippen molar-refractivity contribution in [3.05, 3.63) is 65.0 Å². The van der Waals surface area contributed by atoms with Crippen LogP contribution in [-0.2, 0) is 0 Å². The van der Waals surface area contributed by atoms with E-state index in [1.165, 1.54) is 18.7 Å². The van der Waals surface area contributed by atoms with Gasteiger partial charge in [0.15, 0.2) is 11.6 Å². The van der Waals surface area contributed by atoms with Gasteiger partial charge < -0.3 is 10.1 Å². The van der Waals surface area contributed by atoms with E-state index in [0.717, 1.165) is 17.7 Å². The second-order valence-electron chi connectivity index (χ2n) is 4.80. The van der Waals surface area contributed by atoms with Crippen LogP contribution in [0, 0.1) is 12.7 Å². The predicted octanol–water partition coefficient (Wildman–Crippen LogP) is 3.84. The number of hydrogen-bond acceptors (Lipinski definition) is 2. The molecule has 0 radical (unpaired) electrons. The predicted molar refractivity (Wildman–Crippen MR) is 79.7 cm³/mol. The molecule has 2 aromatic rings. The molecule has 2 rings (SSSR count). The van der Waals surface area contributed by atoms with E-state index in [4.69, 9.17) is 4.74 Å². The Morgan fingerprint density at radius 3 is 2.50 bits per heavy atom. The van der Waals surface area contributed by atoms with Gasteiger partial charge in [-0.1, -0.05) is 42.8 Å². The second-order valence-corrected chi connectivity index (χ2v) is 4.80. The minimum Gasteiger partial charge on any atom is -0.494 e. The normalized spacial score (nSPS) is 12.2. The van der Waals surface area contributed by atoms with Gasteiger partial charge in [0.1, 0.15) is 0 Å². The van der Waals surface area contributed by atoms with Crippen LogP contribution in [0.4, 0.5) is 4.39 Å². The zero-order valence-electron chi connectivity index (χ0n) is 12.1. The summed E-state index contributed by atoms with van der Waals surface area (Å²) in [4.78, 5) is 0. The van der Waals surface area contributed by atoms with Crippen LogP contribution in [0.1, 0.15) is 29.7 Å². The summed E-state index contributed by atoms with van der Waals surface area (Å²) in [5.41, 5.74) is 3.23. The summed E-state index contributed by atoms with van der Waals surface area (Å²) < 4.78 is 18.9. The zero-order valence-corrected chi connectivity index (χ0v) is 12.1. The van der Waals surface area contributed by atoms with Crippen molar-refractivity contribution in [2.75, 3.05) is 13.7 Å². The summed E-state index contributed by atoms with van der Waals surface area (Å²) in [6.07, 6.45) is 0. The summed E-state index contributed by atoms with van der Waals surface area (Å²) in [5.74, 6) is -0.0613. The van der Waals surface area contributed by atoms with Gasteiger partial charge in [-0.05, 0) is 36.7 Å². The monoisotopic (exact) mass is 273 g/mol. The van der Waals surface area contributed by atoms with Crippen LogP contribution in [0.15, 0.2) is 42.5 Å². The summed E-state index contributed by atoms with van der Waals surface area (Å²) in [5, 5.41) is 3.40. The summed E-state index contributed by atoms with van der Waals surface area (Å²) >= 11 is 0. The highest BCUT2D eigenvalue weighted by Gasteiger charge is 2.15. The molecule has 2 nitrogen and oxygen atoms in total. The van der Waals surface area contributed by atoms with Gasteiger partial charge in [0.05, 0.1) is 13.2 Å². The zero-order chi connectivity index (χ0) is 14.5. The first-order valence-electron chi connectivity index (χ1n) is 6.79. The quantitative estimate of drug-likeness (QED) is 0.893. The van der Waals surface area contributed by atoms with Crippen molar-refractivity contribution in [3.63, 3.8) is 0 Å². The van der Waals surface area contributed by atoms with E-state index in [9.17, 15) is 4.39 Å². The van der Waals surface area contributed by atoms with Crippen molar-refractivity contribution < 1.29 is 9.13 Å². The van der Waals surface area contributed by atoms with Gasteiger partial charge >= 0.3 is 0 Å². The number of halogens is 1. The largest absolute Gasteiger partial charge is 0.494 e. The molecule has 20 heavy (non-hydrogen) atoms. The maximum atomic E-state index is 13.9. The van der Waals surface area contributed by atoms with Gasteiger partial charge in [-0.3, -0.25) is 0 Å². The van der Waals surface area contributed by atoms with E-state index in [1.54, 1.807) is 6.07 Å². The Morgan fingerprint density at radius 2 is 1.90 bits per heavy atom. The summed E-state index contributed by atoms with van der Waals surface area (Å²) in [6.45, 7) is 4.91. The Morgan fingerprint density at radius 1 is 1.15 bits per heavy atom. The molecule has 0 amide bonds. The maximum Gasteiger partial charge on any atom is 0.165 e. The Bertz CT molecular complexity index is 583. The lowest BCUT2D eigenvalue weighted by Gasteiger charge is -2.20. The van der Waals surface area contributed by atoms with Crippen LogP contribution < -0.4 is 10.1 Å². The lowest BCUT2D eigenvalue weighted by Crippen LogP contribution is -2.22. The molecule has 3 heteroatoms. The number of methoxy groups -OCH3 is 1. The van der Waals surface area contributed by atoms with Gasteiger partial charge in [0, 0.05) is 0 Å². The molecule has 0 spiro atoms. The highest BCUT2D eigenvalue weighted by atomic mass is 19.1. The minimum atomic E-state index is -0.333. The first kappa shape index (κ1) is 14.5. The van der Waals surface area contributed by atoms with Crippen LogP contribution in [0.5, 0.6) is 5.75 Å². The molecule has 0 heterocycles. The molecule has 0 bridgehead atoms. The number of aryl methyl sites for hydroxylation is 1. The van der Waals surface area contributed by atoms with Crippen LogP contribution in [0.3, 0.4) is 0 Å². The van der Waals surface area contributed by atoms with Gasteiger partial charge in [-0.25, -0.2) is 4.39 Å². The fourth-order valence-electron chi connectivity index (χ4n) is 2.34. The lowest BCUT2D eigenvalue weighted by atomic mass is 9.97. The van der Waals surface area contributed by atoms with Crippen molar-refractivity contribution in [3.8, 4) is 5.75 Å². The highest BCUT2D eigenvalue weighted by molar-refractivity contribution is 5.37. The van der Waals surface area contributed by atoms with E-state index in [2.05, 4.69) is 30.4 Å². The van der Waals surface area contributed by atoms with Crippen molar-refractivity contribution in [1.29, 1.82) is 0 Å². The number of ether oxygens (including phenoxy) is 1. The fourth-order valence-corrected chi connectivity index (χ4v) is 2.34. The Labute approximate surface area is 119 Å². The molecule has 1 atom stereocenters. The van der Waals surface area contributed by atoms with Gasteiger partial charge in [0.25, 0.3) is 0 Å². The molecule has 1 N–H and O–H groups in total. The molecule has 0 aromatic heterocycles. The van der Waals surface area contributed by atoms with E-state index in [0.29, 0.717) is 0 Å². The van der Waals surface area contributed by atoms with E-state index < -0.39 is 0 Å². The summed E-state index contributed by atoms with van der Waals surface area (Å²) in [6, 6.07) is 13.4. The minimum absolute atomic E-state index is 0.0136. The Balaban J connectivity index is 2.40. The first-order valence-corrected chi connectivity index (χ1v) is 6.79. The average molecular weight is 273 g/mol. The smallest absolute Gasteiger partial charge is 0.165 e. The molecule has 0 aliphatic heterocycles. The topological polar surface area (TPSA) is 21.3 Å². The van der Waals surface area contributed by atoms with Crippen molar-refractivity contribution in [1.82, 2.24) is 5.32 Å². The third kappa shape index (κ3) is 3.17. The second kappa shape index (κ2) is 6.53. The first-order chi connectivity index (χ1) is 9.65. The number of hydrogen-bond donors (Lipinski definition) is 1. The van der Waals surface area contributed by atoms with Gasteiger partial charge in [0.2, 0.25) is 0 Å². The standard InChI is InChI=1S/C17H20FNO/c1-4-19-17(13-7-5-6-12(2)10-13)14-8-9-16(20-3)15(18)11-14/h5-11,17,19H,4H2,1-3H3. The van der Waals surface area contributed by atoms with Gasteiger partial charge in [-0.15, -0.1) is 0 Å². The molecular weight excluding hydrogens is 253 g/mol. The van der Waals surface area contributed by atoms with E-state index >= 15 is 0 Å². The average Bonchev–Trinajstić information content (AvgIpc) is 2.44. The van der Waals surface area contributed by atoms with Gasteiger partial charge in [-0.2, -0.15) is 0 Å². The van der Waals surface area contributed by atoms with Crippen LogP contribution in [0.25, 0.3) is 0 Å². The lowest BCUT2D eigenvalue weighted by molar-refractivity contribution is 0.385. The van der Waals surface area contributed by atoms with E-state index in [-0.39, 0.29) is 17.6 Å². The highest BCUT2D eigenvalue weighted by Crippen LogP contribution is 2.26. The molecule has 1 unspecified atom stereocenters. The Kier molecular flexibility index (Phi) is 4.74. The molecule has 0 aliphatic rings.